The number of carbonyl (C=O) groups is 1. The topological polar surface area (TPSA) is 96.0 Å². The van der Waals surface area contributed by atoms with Gasteiger partial charge in [-0.3, -0.25) is 4.79 Å². The second-order valence-electron chi connectivity index (χ2n) is 7.10. The minimum atomic E-state index is -0.491. The third-order valence-electron chi connectivity index (χ3n) is 4.82. The minimum Gasteiger partial charge on any atom is -0.305 e. The van der Waals surface area contributed by atoms with Crippen molar-refractivity contribution in [3.63, 3.8) is 0 Å². The summed E-state index contributed by atoms with van der Waals surface area (Å²) in [5, 5.41) is 17.0. The van der Waals surface area contributed by atoms with Gasteiger partial charge in [0, 0.05) is 5.88 Å². The highest BCUT2D eigenvalue weighted by atomic mass is 35.5. The monoisotopic (exact) mass is 484 g/mol. The number of amidine groups is 1. The highest BCUT2D eigenvalue weighted by Crippen LogP contribution is 2.24. The van der Waals surface area contributed by atoms with Gasteiger partial charge in [-0.05, 0) is 61.9 Å². The van der Waals surface area contributed by atoms with E-state index in [1.165, 1.54) is 28.6 Å². The van der Waals surface area contributed by atoms with Gasteiger partial charge >= 0.3 is 0 Å². The molecule has 0 aliphatic carbocycles. The average Bonchev–Trinajstić information content (AvgIpc) is 3.25. The summed E-state index contributed by atoms with van der Waals surface area (Å²) < 4.78 is 14.9. The molecule has 33 heavy (non-hydrogen) atoms. The van der Waals surface area contributed by atoms with Gasteiger partial charge in [0.2, 0.25) is 5.91 Å². The Balaban J connectivity index is 1.83. The number of aliphatic imine (C=N–C) groups is 1. The Bertz CT molecular complexity index is 1190. The lowest BCUT2D eigenvalue weighted by Gasteiger charge is -2.17. The van der Waals surface area contributed by atoms with Gasteiger partial charge in [-0.25, -0.2) is 19.0 Å². The van der Waals surface area contributed by atoms with Crippen molar-refractivity contribution >= 4 is 40.1 Å². The van der Waals surface area contributed by atoms with Crippen molar-refractivity contribution < 1.29 is 9.18 Å². The van der Waals surface area contributed by atoms with Crippen LogP contribution in [0.5, 0.6) is 0 Å². The first-order valence-corrected chi connectivity index (χ1v) is 11.9. The molecule has 1 aromatic heterocycles. The third-order valence-corrected chi connectivity index (χ3v) is 5.67. The van der Waals surface area contributed by atoms with Crippen LogP contribution in [0.25, 0.3) is 5.69 Å². The van der Waals surface area contributed by atoms with Gasteiger partial charge < -0.3 is 5.32 Å². The van der Waals surface area contributed by atoms with E-state index in [2.05, 4.69) is 26.5 Å². The number of nitrogens with one attached hydrogen (secondary N) is 1. The summed E-state index contributed by atoms with van der Waals surface area (Å²) in [6.07, 6.45) is 4.49. The molecule has 0 saturated heterocycles. The number of carbonyl (C=O) groups excluding carboxylic acids is 1. The molecule has 0 bridgehead atoms. The van der Waals surface area contributed by atoms with Crippen LogP contribution in [0.15, 0.2) is 53.8 Å². The second-order valence-corrected chi connectivity index (χ2v) is 8.27. The molecule has 0 saturated carbocycles. The van der Waals surface area contributed by atoms with Gasteiger partial charge in [0.1, 0.15) is 24.0 Å². The van der Waals surface area contributed by atoms with Crippen LogP contribution in [-0.4, -0.2) is 38.0 Å². The number of thioether (sulfide) groups is 1. The third kappa shape index (κ3) is 6.40. The van der Waals surface area contributed by atoms with Crippen LogP contribution in [0.1, 0.15) is 35.7 Å². The summed E-state index contributed by atoms with van der Waals surface area (Å²) in [6.45, 7) is 1.76. The molecular formula is C23H22ClFN6OS. The number of benzene rings is 2. The van der Waals surface area contributed by atoms with E-state index in [1.54, 1.807) is 49.8 Å². The molecule has 1 heterocycles. The quantitative estimate of drug-likeness (QED) is 0.293. The van der Waals surface area contributed by atoms with Crippen molar-refractivity contribution in [2.75, 3.05) is 12.1 Å². The summed E-state index contributed by atoms with van der Waals surface area (Å²) in [5.74, 6) is -0.0924. The number of nitrogens with zero attached hydrogens (tertiary/aromatic N) is 5. The van der Waals surface area contributed by atoms with E-state index in [1.807, 2.05) is 0 Å². The zero-order valence-electron chi connectivity index (χ0n) is 18.1. The van der Waals surface area contributed by atoms with E-state index < -0.39 is 5.92 Å². The molecule has 7 nitrogen and oxygen atoms in total. The van der Waals surface area contributed by atoms with E-state index in [9.17, 15) is 14.4 Å². The maximum absolute atomic E-state index is 13.3. The lowest BCUT2D eigenvalue weighted by Crippen LogP contribution is -2.33. The van der Waals surface area contributed by atoms with Crippen molar-refractivity contribution in [1.82, 2.24) is 20.1 Å². The van der Waals surface area contributed by atoms with Crippen LogP contribution in [0, 0.1) is 24.1 Å². The van der Waals surface area contributed by atoms with Gasteiger partial charge in [-0.1, -0.05) is 23.9 Å². The van der Waals surface area contributed by atoms with Crippen LogP contribution < -0.4 is 5.32 Å². The number of hydrogen-bond donors (Lipinski definition) is 1. The Kier molecular flexibility index (Phi) is 8.58. The van der Waals surface area contributed by atoms with Crippen LogP contribution in [0.4, 0.5) is 10.1 Å². The summed E-state index contributed by atoms with van der Waals surface area (Å²) in [6, 6.07) is 13.1. The zero-order chi connectivity index (χ0) is 23.8. The number of amides is 1. The number of nitriles is 1. The molecule has 0 spiro atoms. The number of halogens is 2. The number of aryl methyl sites for hydroxylation is 1. The van der Waals surface area contributed by atoms with E-state index in [4.69, 9.17) is 11.6 Å². The van der Waals surface area contributed by atoms with E-state index in [-0.39, 0.29) is 11.7 Å². The number of rotatable bonds is 7. The molecule has 3 rings (SSSR count). The molecule has 0 fully saturated rings. The Labute approximate surface area is 200 Å². The SMILES string of the molecule is CSC(=Nc1ccc(-n2cnc(C)n2)c(C#N)c1)NC(=O)C(CCCCl)c1ccc(F)cc1. The van der Waals surface area contributed by atoms with Gasteiger partial charge in [0.25, 0.3) is 0 Å². The molecule has 170 valence electrons. The lowest BCUT2D eigenvalue weighted by atomic mass is 9.93. The first-order valence-electron chi connectivity index (χ1n) is 10.1. The fourth-order valence-electron chi connectivity index (χ4n) is 3.20. The molecule has 1 amide bonds. The number of alkyl halides is 1. The van der Waals surface area contributed by atoms with E-state index in [0.29, 0.717) is 52.2 Å². The molecule has 1 unspecified atom stereocenters. The molecule has 1 atom stereocenters. The highest BCUT2D eigenvalue weighted by Gasteiger charge is 2.21. The van der Waals surface area contributed by atoms with E-state index in [0.717, 1.165) is 0 Å². The van der Waals surface area contributed by atoms with Crippen LogP contribution in [0.3, 0.4) is 0 Å². The largest absolute Gasteiger partial charge is 0.305 e. The van der Waals surface area contributed by atoms with Crippen LogP contribution in [0.2, 0.25) is 0 Å². The Morgan fingerprint density at radius 2 is 2.09 bits per heavy atom. The maximum Gasteiger partial charge on any atom is 0.233 e. The number of hydrogen-bond acceptors (Lipinski definition) is 6. The predicted octanol–water partition coefficient (Wildman–Crippen LogP) is 4.86. The fraction of sp³-hybridized carbons (Fsp3) is 0.261. The lowest BCUT2D eigenvalue weighted by molar-refractivity contribution is -0.121. The smallest absolute Gasteiger partial charge is 0.233 e. The second kappa shape index (κ2) is 11.6. The predicted molar refractivity (Wildman–Crippen MR) is 129 cm³/mol. The van der Waals surface area contributed by atoms with Crippen LogP contribution >= 0.6 is 23.4 Å². The minimum absolute atomic E-state index is 0.255. The van der Waals surface area contributed by atoms with Crippen molar-refractivity contribution in [2.24, 2.45) is 4.99 Å². The standard InChI is InChI=1S/C23H22ClFN6OS/c1-15-27-14-31(30-15)21-10-9-19(12-17(21)13-26)28-23(33-2)29-22(32)20(4-3-11-24)16-5-7-18(25)8-6-16/h5-10,12,14,20H,3-4,11H2,1-2H3,(H,28,29,32). The van der Waals surface area contributed by atoms with Crippen molar-refractivity contribution in [3.05, 3.63) is 71.6 Å². The summed E-state index contributed by atoms with van der Waals surface area (Å²) in [5.41, 5.74) is 2.18. The molecule has 1 N–H and O–H groups in total. The molecule has 3 aromatic rings. The summed E-state index contributed by atoms with van der Waals surface area (Å²) in [4.78, 5) is 21.6. The van der Waals surface area contributed by atoms with Crippen molar-refractivity contribution in [3.8, 4) is 11.8 Å². The van der Waals surface area contributed by atoms with Gasteiger partial charge in [-0.15, -0.1) is 11.6 Å². The summed E-state index contributed by atoms with van der Waals surface area (Å²) in [7, 11) is 0. The van der Waals surface area contributed by atoms with Crippen LogP contribution in [-0.2, 0) is 4.79 Å². The molecule has 0 aliphatic rings. The summed E-state index contributed by atoms with van der Waals surface area (Å²) >= 11 is 7.11. The maximum atomic E-state index is 13.3. The van der Waals surface area contributed by atoms with Gasteiger partial charge in [0.15, 0.2) is 5.17 Å². The molecule has 0 radical (unpaired) electrons. The molecule has 0 aliphatic heterocycles. The fourth-order valence-corrected chi connectivity index (χ4v) is 3.76. The van der Waals surface area contributed by atoms with Gasteiger partial charge in [-0.2, -0.15) is 10.4 Å². The Hall–Kier alpha value is -3.22. The Morgan fingerprint density at radius 3 is 2.70 bits per heavy atom. The highest BCUT2D eigenvalue weighted by molar-refractivity contribution is 8.13. The van der Waals surface area contributed by atoms with Crippen molar-refractivity contribution in [1.29, 1.82) is 5.26 Å². The number of aromatic nitrogens is 3. The molecule has 2 aromatic carbocycles. The normalized spacial score (nSPS) is 12.3. The molecular weight excluding hydrogens is 463 g/mol. The average molecular weight is 485 g/mol. The van der Waals surface area contributed by atoms with Crippen molar-refractivity contribution in [2.45, 2.75) is 25.7 Å². The molecule has 10 heteroatoms. The first-order chi connectivity index (χ1) is 15.9. The zero-order valence-corrected chi connectivity index (χ0v) is 19.7. The van der Waals surface area contributed by atoms with E-state index >= 15 is 0 Å². The Morgan fingerprint density at radius 1 is 1.33 bits per heavy atom. The van der Waals surface area contributed by atoms with Gasteiger partial charge in [0.05, 0.1) is 22.9 Å². The first kappa shape index (κ1) is 24.4.